The standard InChI is InChI=1S/C24H21ClN2O2/c25-19-5-3-6-20(15-19)27-12-10-26(11-13-27)16-18-14-23(28)29-24-21-7-2-1-4-17(21)8-9-22(18)24/h1-9,14-15H,10-13,16H2. The second-order valence-electron chi connectivity index (χ2n) is 7.50. The summed E-state index contributed by atoms with van der Waals surface area (Å²) in [6.45, 7) is 4.47. The summed E-state index contributed by atoms with van der Waals surface area (Å²) in [6.07, 6.45) is 0. The molecule has 1 saturated heterocycles. The van der Waals surface area contributed by atoms with E-state index in [1.807, 2.05) is 42.5 Å². The molecule has 0 amide bonds. The topological polar surface area (TPSA) is 36.7 Å². The number of rotatable bonds is 3. The van der Waals surface area contributed by atoms with E-state index in [9.17, 15) is 4.79 Å². The second-order valence-corrected chi connectivity index (χ2v) is 7.93. The van der Waals surface area contributed by atoms with Gasteiger partial charge in [-0.25, -0.2) is 4.79 Å². The summed E-state index contributed by atoms with van der Waals surface area (Å²) in [7, 11) is 0. The van der Waals surface area contributed by atoms with Crippen LogP contribution in [0.5, 0.6) is 0 Å². The Balaban J connectivity index is 1.40. The molecular weight excluding hydrogens is 384 g/mol. The van der Waals surface area contributed by atoms with Gasteiger partial charge in [-0.15, -0.1) is 0 Å². The number of hydrogen-bond donors (Lipinski definition) is 0. The molecule has 0 atom stereocenters. The van der Waals surface area contributed by atoms with Crippen molar-refractivity contribution in [3.63, 3.8) is 0 Å². The van der Waals surface area contributed by atoms with Crippen LogP contribution in [-0.4, -0.2) is 31.1 Å². The maximum Gasteiger partial charge on any atom is 0.336 e. The SMILES string of the molecule is O=c1cc(CN2CCN(c3cccc(Cl)c3)CC2)c2ccc3ccccc3c2o1. The molecule has 4 nitrogen and oxygen atoms in total. The van der Waals surface area contributed by atoms with Gasteiger partial charge in [-0.3, -0.25) is 4.90 Å². The third kappa shape index (κ3) is 3.61. The quantitative estimate of drug-likeness (QED) is 0.358. The highest BCUT2D eigenvalue weighted by Gasteiger charge is 2.19. The minimum Gasteiger partial charge on any atom is -0.422 e. The number of hydrogen-bond acceptors (Lipinski definition) is 4. The van der Waals surface area contributed by atoms with Gasteiger partial charge >= 0.3 is 5.63 Å². The Morgan fingerprint density at radius 2 is 1.69 bits per heavy atom. The van der Waals surface area contributed by atoms with Crippen molar-refractivity contribution < 1.29 is 4.42 Å². The van der Waals surface area contributed by atoms with E-state index in [4.69, 9.17) is 16.0 Å². The molecule has 2 heterocycles. The van der Waals surface area contributed by atoms with Crippen LogP contribution in [0.1, 0.15) is 5.56 Å². The Morgan fingerprint density at radius 3 is 2.52 bits per heavy atom. The Bertz CT molecular complexity index is 1240. The zero-order valence-electron chi connectivity index (χ0n) is 16.0. The Kier molecular flexibility index (Phi) is 4.74. The molecule has 0 aliphatic carbocycles. The summed E-state index contributed by atoms with van der Waals surface area (Å²) >= 11 is 6.14. The van der Waals surface area contributed by atoms with Crippen molar-refractivity contribution in [3.05, 3.63) is 87.7 Å². The Labute approximate surface area is 173 Å². The van der Waals surface area contributed by atoms with Gasteiger partial charge in [0, 0.05) is 60.3 Å². The molecule has 1 aliphatic heterocycles. The maximum absolute atomic E-state index is 12.3. The van der Waals surface area contributed by atoms with Gasteiger partial charge in [0.1, 0.15) is 5.58 Å². The molecule has 1 fully saturated rings. The molecule has 4 aromatic rings. The molecule has 29 heavy (non-hydrogen) atoms. The van der Waals surface area contributed by atoms with Crippen molar-refractivity contribution in [2.24, 2.45) is 0 Å². The largest absolute Gasteiger partial charge is 0.422 e. The first-order valence-electron chi connectivity index (χ1n) is 9.85. The van der Waals surface area contributed by atoms with E-state index in [-0.39, 0.29) is 5.63 Å². The first-order valence-corrected chi connectivity index (χ1v) is 10.2. The predicted molar refractivity (Wildman–Crippen MR) is 119 cm³/mol. The number of halogens is 1. The zero-order chi connectivity index (χ0) is 19.8. The number of nitrogens with zero attached hydrogens (tertiary/aromatic N) is 2. The third-order valence-electron chi connectivity index (χ3n) is 5.66. The average molecular weight is 405 g/mol. The van der Waals surface area contributed by atoms with E-state index in [2.05, 4.69) is 28.0 Å². The van der Waals surface area contributed by atoms with E-state index in [1.54, 1.807) is 6.07 Å². The Morgan fingerprint density at radius 1 is 0.862 bits per heavy atom. The minimum atomic E-state index is -0.290. The highest BCUT2D eigenvalue weighted by Crippen LogP contribution is 2.28. The van der Waals surface area contributed by atoms with Crippen molar-refractivity contribution >= 4 is 39.0 Å². The predicted octanol–water partition coefficient (Wildman–Crippen LogP) is 4.92. The summed E-state index contributed by atoms with van der Waals surface area (Å²) in [5.41, 5.74) is 2.58. The van der Waals surface area contributed by atoms with Crippen molar-refractivity contribution in [2.75, 3.05) is 31.1 Å². The molecule has 0 spiro atoms. The van der Waals surface area contributed by atoms with Crippen LogP contribution >= 0.6 is 11.6 Å². The van der Waals surface area contributed by atoms with Crippen LogP contribution in [0, 0.1) is 0 Å². The molecule has 1 aromatic heterocycles. The fourth-order valence-electron chi connectivity index (χ4n) is 4.16. The van der Waals surface area contributed by atoms with E-state index in [0.29, 0.717) is 5.58 Å². The smallest absolute Gasteiger partial charge is 0.336 e. The van der Waals surface area contributed by atoms with Gasteiger partial charge in [0.2, 0.25) is 0 Å². The zero-order valence-corrected chi connectivity index (χ0v) is 16.7. The van der Waals surface area contributed by atoms with E-state index < -0.39 is 0 Å². The summed E-state index contributed by atoms with van der Waals surface area (Å²) in [5, 5.41) is 3.84. The molecule has 5 rings (SSSR count). The number of piperazine rings is 1. The van der Waals surface area contributed by atoms with Crippen LogP contribution in [0.3, 0.4) is 0 Å². The van der Waals surface area contributed by atoms with Gasteiger partial charge in [-0.2, -0.15) is 0 Å². The fourth-order valence-corrected chi connectivity index (χ4v) is 4.35. The average Bonchev–Trinajstić information content (AvgIpc) is 2.74. The van der Waals surface area contributed by atoms with Crippen molar-refractivity contribution in [1.82, 2.24) is 4.90 Å². The molecular formula is C24H21ClN2O2. The van der Waals surface area contributed by atoms with Crippen LogP contribution in [-0.2, 0) is 6.54 Å². The lowest BCUT2D eigenvalue weighted by molar-refractivity contribution is 0.250. The van der Waals surface area contributed by atoms with Gasteiger partial charge in [-0.05, 0) is 29.1 Å². The third-order valence-corrected chi connectivity index (χ3v) is 5.89. The first-order chi connectivity index (χ1) is 14.2. The summed E-state index contributed by atoms with van der Waals surface area (Å²) in [6, 6.07) is 21.8. The molecule has 0 radical (unpaired) electrons. The molecule has 0 N–H and O–H groups in total. The maximum atomic E-state index is 12.3. The normalized spacial score (nSPS) is 15.3. The van der Waals surface area contributed by atoms with Crippen LogP contribution in [0.25, 0.3) is 21.7 Å². The van der Waals surface area contributed by atoms with E-state index in [1.165, 1.54) is 0 Å². The lowest BCUT2D eigenvalue weighted by Crippen LogP contribution is -2.46. The highest BCUT2D eigenvalue weighted by molar-refractivity contribution is 6.30. The fraction of sp³-hybridized carbons (Fsp3) is 0.208. The van der Waals surface area contributed by atoms with E-state index in [0.717, 1.165) is 65.2 Å². The molecule has 1 aliphatic rings. The summed E-state index contributed by atoms with van der Waals surface area (Å²) < 4.78 is 5.60. The monoisotopic (exact) mass is 404 g/mol. The summed E-state index contributed by atoms with van der Waals surface area (Å²) in [5.74, 6) is 0. The van der Waals surface area contributed by atoms with Gasteiger partial charge < -0.3 is 9.32 Å². The van der Waals surface area contributed by atoms with Crippen LogP contribution in [0.2, 0.25) is 5.02 Å². The van der Waals surface area contributed by atoms with Crippen molar-refractivity contribution in [3.8, 4) is 0 Å². The number of benzene rings is 3. The van der Waals surface area contributed by atoms with Gasteiger partial charge in [0.15, 0.2) is 0 Å². The second kappa shape index (κ2) is 7.54. The lowest BCUT2D eigenvalue weighted by Gasteiger charge is -2.36. The molecule has 146 valence electrons. The highest BCUT2D eigenvalue weighted by atomic mass is 35.5. The molecule has 0 unspecified atom stereocenters. The lowest BCUT2D eigenvalue weighted by atomic mass is 10.0. The van der Waals surface area contributed by atoms with Crippen molar-refractivity contribution in [1.29, 1.82) is 0 Å². The molecule has 5 heteroatoms. The number of fused-ring (bicyclic) bond motifs is 3. The molecule has 0 saturated carbocycles. The van der Waals surface area contributed by atoms with E-state index >= 15 is 0 Å². The number of anilines is 1. The van der Waals surface area contributed by atoms with Gasteiger partial charge in [-0.1, -0.05) is 54.1 Å². The minimum absolute atomic E-state index is 0.290. The van der Waals surface area contributed by atoms with Crippen LogP contribution in [0.4, 0.5) is 5.69 Å². The Hall–Kier alpha value is -2.82. The summed E-state index contributed by atoms with van der Waals surface area (Å²) in [4.78, 5) is 17.0. The molecule has 3 aromatic carbocycles. The van der Waals surface area contributed by atoms with Crippen LogP contribution < -0.4 is 10.5 Å². The van der Waals surface area contributed by atoms with Gasteiger partial charge in [0.05, 0.1) is 0 Å². The molecule has 0 bridgehead atoms. The van der Waals surface area contributed by atoms with Crippen molar-refractivity contribution in [2.45, 2.75) is 6.54 Å². The van der Waals surface area contributed by atoms with Gasteiger partial charge in [0.25, 0.3) is 0 Å². The van der Waals surface area contributed by atoms with Crippen LogP contribution in [0.15, 0.2) is 75.9 Å². The first kappa shape index (κ1) is 18.2.